The molecular formula is C13H21N3O. The Morgan fingerprint density at radius 2 is 2.35 bits per heavy atom. The number of rotatable bonds is 5. The van der Waals surface area contributed by atoms with Gasteiger partial charge in [0.05, 0.1) is 0 Å². The summed E-state index contributed by atoms with van der Waals surface area (Å²) in [6.07, 6.45) is 4.29. The SMILES string of the molecule is CNC(C)c1cccn1CC(=O)N(C)C1CC1. The van der Waals surface area contributed by atoms with Crippen molar-refractivity contribution in [1.82, 2.24) is 14.8 Å². The van der Waals surface area contributed by atoms with Gasteiger partial charge in [-0.25, -0.2) is 0 Å². The lowest BCUT2D eigenvalue weighted by atomic mass is 10.2. The van der Waals surface area contributed by atoms with Gasteiger partial charge in [0.2, 0.25) is 5.91 Å². The molecule has 0 radical (unpaired) electrons. The molecule has 94 valence electrons. The Bertz CT molecular complexity index is 395. The average Bonchev–Trinajstić information content (AvgIpc) is 3.08. The van der Waals surface area contributed by atoms with Crippen molar-refractivity contribution in [2.75, 3.05) is 14.1 Å². The average molecular weight is 235 g/mol. The molecule has 0 saturated heterocycles. The monoisotopic (exact) mass is 235 g/mol. The van der Waals surface area contributed by atoms with Crippen LogP contribution in [0.3, 0.4) is 0 Å². The molecule has 1 amide bonds. The first-order valence-corrected chi connectivity index (χ1v) is 6.21. The first-order valence-electron chi connectivity index (χ1n) is 6.21. The highest BCUT2D eigenvalue weighted by Gasteiger charge is 2.29. The Hall–Kier alpha value is -1.29. The fraction of sp³-hybridized carbons (Fsp3) is 0.615. The summed E-state index contributed by atoms with van der Waals surface area (Å²) in [5.41, 5.74) is 1.16. The molecule has 1 aliphatic carbocycles. The quantitative estimate of drug-likeness (QED) is 0.837. The normalized spacial score (nSPS) is 16.9. The lowest BCUT2D eigenvalue weighted by Crippen LogP contribution is -2.32. The van der Waals surface area contributed by atoms with E-state index in [-0.39, 0.29) is 11.9 Å². The first kappa shape index (κ1) is 12.2. The van der Waals surface area contributed by atoms with E-state index < -0.39 is 0 Å². The molecule has 1 heterocycles. The molecule has 1 saturated carbocycles. The van der Waals surface area contributed by atoms with Gasteiger partial charge in [0, 0.05) is 31.0 Å². The van der Waals surface area contributed by atoms with E-state index in [0.717, 1.165) is 18.5 Å². The molecule has 1 aromatic rings. The van der Waals surface area contributed by atoms with E-state index in [2.05, 4.69) is 18.3 Å². The predicted molar refractivity (Wildman–Crippen MR) is 67.7 cm³/mol. The van der Waals surface area contributed by atoms with Gasteiger partial charge in [0.1, 0.15) is 6.54 Å². The molecule has 0 spiro atoms. The molecule has 4 heteroatoms. The summed E-state index contributed by atoms with van der Waals surface area (Å²) in [6, 6.07) is 4.81. The molecular weight excluding hydrogens is 214 g/mol. The van der Waals surface area contributed by atoms with Crippen LogP contribution in [0.15, 0.2) is 18.3 Å². The molecule has 4 nitrogen and oxygen atoms in total. The van der Waals surface area contributed by atoms with Gasteiger partial charge in [-0.3, -0.25) is 4.79 Å². The van der Waals surface area contributed by atoms with Crippen LogP contribution in [0, 0.1) is 0 Å². The van der Waals surface area contributed by atoms with Crippen LogP contribution >= 0.6 is 0 Å². The number of hydrogen-bond donors (Lipinski definition) is 1. The van der Waals surface area contributed by atoms with E-state index >= 15 is 0 Å². The third-order valence-corrected chi connectivity index (χ3v) is 3.53. The third-order valence-electron chi connectivity index (χ3n) is 3.53. The number of nitrogens with zero attached hydrogens (tertiary/aromatic N) is 2. The Balaban J connectivity index is 2.02. The van der Waals surface area contributed by atoms with Crippen LogP contribution in [0.25, 0.3) is 0 Å². The maximum atomic E-state index is 12.0. The fourth-order valence-corrected chi connectivity index (χ4v) is 2.03. The standard InChI is InChI=1S/C13H21N3O/c1-10(14-2)12-5-4-8-16(12)9-13(17)15(3)11-6-7-11/h4-5,8,10-11,14H,6-7,9H2,1-3H3. The maximum Gasteiger partial charge on any atom is 0.242 e. The number of carbonyl (C=O) groups is 1. The van der Waals surface area contributed by atoms with E-state index in [4.69, 9.17) is 0 Å². The molecule has 0 bridgehead atoms. The molecule has 1 fully saturated rings. The van der Waals surface area contributed by atoms with E-state index in [9.17, 15) is 4.79 Å². The number of likely N-dealkylation sites (N-methyl/N-ethyl adjacent to an activating group) is 1. The van der Waals surface area contributed by atoms with Gasteiger partial charge in [0.15, 0.2) is 0 Å². The minimum atomic E-state index is 0.202. The summed E-state index contributed by atoms with van der Waals surface area (Å²) in [6.45, 7) is 2.54. The zero-order valence-electron chi connectivity index (χ0n) is 10.8. The van der Waals surface area contributed by atoms with Crippen LogP contribution in [-0.4, -0.2) is 35.5 Å². The molecule has 1 aliphatic rings. The van der Waals surface area contributed by atoms with Crippen LogP contribution in [-0.2, 0) is 11.3 Å². The molecule has 17 heavy (non-hydrogen) atoms. The summed E-state index contributed by atoms with van der Waals surface area (Å²) < 4.78 is 2.03. The van der Waals surface area contributed by atoms with Gasteiger partial charge in [-0.1, -0.05) is 0 Å². The molecule has 1 unspecified atom stereocenters. The third kappa shape index (κ3) is 2.69. The second kappa shape index (κ2) is 4.92. The van der Waals surface area contributed by atoms with Crippen molar-refractivity contribution in [3.8, 4) is 0 Å². The zero-order valence-corrected chi connectivity index (χ0v) is 10.8. The van der Waals surface area contributed by atoms with Crippen LogP contribution in [0.4, 0.5) is 0 Å². The number of nitrogens with one attached hydrogen (secondary N) is 1. The maximum absolute atomic E-state index is 12.0. The van der Waals surface area contributed by atoms with Crippen molar-refractivity contribution in [2.24, 2.45) is 0 Å². The summed E-state index contributed by atoms with van der Waals surface area (Å²) >= 11 is 0. The minimum absolute atomic E-state index is 0.202. The van der Waals surface area contributed by atoms with Crippen LogP contribution < -0.4 is 5.32 Å². The molecule has 0 aliphatic heterocycles. The van der Waals surface area contributed by atoms with Gasteiger partial charge >= 0.3 is 0 Å². The summed E-state index contributed by atoms with van der Waals surface area (Å²) in [5, 5.41) is 3.20. The smallest absolute Gasteiger partial charge is 0.242 e. The molecule has 1 aromatic heterocycles. The highest BCUT2D eigenvalue weighted by atomic mass is 16.2. The number of carbonyl (C=O) groups excluding carboxylic acids is 1. The largest absolute Gasteiger partial charge is 0.341 e. The minimum Gasteiger partial charge on any atom is -0.341 e. The second-order valence-electron chi connectivity index (χ2n) is 4.81. The Morgan fingerprint density at radius 1 is 1.65 bits per heavy atom. The van der Waals surface area contributed by atoms with Crippen molar-refractivity contribution in [2.45, 2.75) is 38.4 Å². The molecule has 1 N–H and O–H groups in total. The first-order chi connectivity index (χ1) is 8.13. The van der Waals surface area contributed by atoms with E-state index in [1.54, 1.807) is 0 Å². The molecule has 0 aromatic carbocycles. The fourth-order valence-electron chi connectivity index (χ4n) is 2.03. The molecule has 2 rings (SSSR count). The van der Waals surface area contributed by atoms with E-state index in [1.807, 2.05) is 35.8 Å². The predicted octanol–water partition coefficient (Wildman–Crippen LogP) is 1.39. The lowest BCUT2D eigenvalue weighted by molar-refractivity contribution is -0.131. The van der Waals surface area contributed by atoms with Crippen molar-refractivity contribution in [1.29, 1.82) is 0 Å². The van der Waals surface area contributed by atoms with E-state index in [1.165, 1.54) is 0 Å². The molecule has 1 atom stereocenters. The van der Waals surface area contributed by atoms with Gasteiger partial charge in [-0.15, -0.1) is 0 Å². The van der Waals surface area contributed by atoms with E-state index in [0.29, 0.717) is 12.6 Å². The summed E-state index contributed by atoms with van der Waals surface area (Å²) in [5.74, 6) is 0.202. The van der Waals surface area contributed by atoms with Crippen molar-refractivity contribution in [3.63, 3.8) is 0 Å². The van der Waals surface area contributed by atoms with Crippen LogP contribution in [0.5, 0.6) is 0 Å². The van der Waals surface area contributed by atoms with Gasteiger partial charge in [-0.2, -0.15) is 0 Å². The Labute approximate surface area is 103 Å². The number of hydrogen-bond acceptors (Lipinski definition) is 2. The summed E-state index contributed by atoms with van der Waals surface area (Å²) in [7, 11) is 3.84. The lowest BCUT2D eigenvalue weighted by Gasteiger charge is -2.19. The number of amides is 1. The highest BCUT2D eigenvalue weighted by Crippen LogP contribution is 2.25. The van der Waals surface area contributed by atoms with Crippen molar-refractivity contribution >= 4 is 5.91 Å². The van der Waals surface area contributed by atoms with Gasteiger partial charge in [-0.05, 0) is 38.9 Å². The Morgan fingerprint density at radius 3 is 2.94 bits per heavy atom. The highest BCUT2D eigenvalue weighted by molar-refractivity contribution is 5.76. The van der Waals surface area contributed by atoms with Crippen molar-refractivity contribution < 1.29 is 4.79 Å². The van der Waals surface area contributed by atoms with Crippen LogP contribution in [0.2, 0.25) is 0 Å². The Kier molecular flexibility index (Phi) is 3.52. The second-order valence-corrected chi connectivity index (χ2v) is 4.81. The zero-order chi connectivity index (χ0) is 12.4. The van der Waals surface area contributed by atoms with Crippen LogP contribution in [0.1, 0.15) is 31.5 Å². The summed E-state index contributed by atoms with van der Waals surface area (Å²) in [4.78, 5) is 13.9. The van der Waals surface area contributed by atoms with Crippen molar-refractivity contribution in [3.05, 3.63) is 24.0 Å². The topological polar surface area (TPSA) is 37.3 Å². The number of aromatic nitrogens is 1. The van der Waals surface area contributed by atoms with Gasteiger partial charge < -0.3 is 14.8 Å². The van der Waals surface area contributed by atoms with Gasteiger partial charge in [0.25, 0.3) is 0 Å².